The number of ether oxygens (including phenoxy) is 1. The summed E-state index contributed by atoms with van der Waals surface area (Å²) in [4.78, 5) is 11.8. The summed E-state index contributed by atoms with van der Waals surface area (Å²) in [5.74, 6) is 0.604. The van der Waals surface area contributed by atoms with Gasteiger partial charge in [0.15, 0.2) is 11.6 Å². The molecular formula is C17H17ClFNO2S. The quantitative estimate of drug-likeness (QED) is 0.816. The number of thioether (sulfide) groups is 1. The van der Waals surface area contributed by atoms with Crippen LogP contribution < -0.4 is 10.1 Å². The zero-order valence-electron chi connectivity index (χ0n) is 12.6. The van der Waals surface area contributed by atoms with Gasteiger partial charge in [-0.3, -0.25) is 4.79 Å². The molecule has 0 radical (unpaired) electrons. The van der Waals surface area contributed by atoms with Crippen LogP contribution in [0.1, 0.15) is 11.1 Å². The standard InChI is InChI=1S/C17H17ClFNO2S/c1-22-16-7-6-12(8-15(16)19)10-23-11-17(21)20-9-13-4-2-3-5-14(13)18/h2-8H,9-11H2,1H3,(H,20,21). The molecular weight excluding hydrogens is 337 g/mol. The molecule has 23 heavy (non-hydrogen) atoms. The fourth-order valence-electron chi connectivity index (χ4n) is 1.95. The second kappa shape index (κ2) is 8.79. The van der Waals surface area contributed by atoms with E-state index in [0.717, 1.165) is 11.1 Å². The van der Waals surface area contributed by atoms with Crippen molar-refractivity contribution < 1.29 is 13.9 Å². The summed E-state index contributed by atoms with van der Waals surface area (Å²) in [7, 11) is 1.43. The smallest absolute Gasteiger partial charge is 0.230 e. The van der Waals surface area contributed by atoms with Crippen LogP contribution in [0.3, 0.4) is 0 Å². The molecule has 0 heterocycles. The van der Waals surface area contributed by atoms with E-state index in [2.05, 4.69) is 5.32 Å². The van der Waals surface area contributed by atoms with Crippen LogP contribution in [-0.2, 0) is 17.1 Å². The normalized spacial score (nSPS) is 10.4. The fourth-order valence-corrected chi connectivity index (χ4v) is 2.96. The molecule has 122 valence electrons. The first-order valence-electron chi connectivity index (χ1n) is 7.00. The lowest BCUT2D eigenvalue weighted by Gasteiger charge is -2.07. The molecule has 1 amide bonds. The molecule has 0 aliphatic heterocycles. The predicted molar refractivity (Wildman–Crippen MR) is 92.4 cm³/mol. The molecule has 0 aromatic heterocycles. The minimum absolute atomic E-state index is 0.0797. The van der Waals surface area contributed by atoms with Gasteiger partial charge in [0.2, 0.25) is 5.91 Å². The largest absolute Gasteiger partial charge is 0.494 e. The van der Waals surface area contributed by atoms with Crippen molar-refractivity contribution in [2.24, 2.45) is 0 Å². The van der Waals surface area contributed by atoms with Gasteiger partial charge < -0.3 is 10.1 Å². The Morgan fingerprint density at radius 1 is 1.30 bits per heavy atom. The molecule has 2 rings (SSSR count). The Hall–Kier alpha value is -1.72. The zero-order chi connectivity index (χ0) is 16.7. The minimum atomic E-state index is -0.395. The van der Waals surface area contributed by atoms with Gasteiger partial charge in [0.1, 0.15) is 0 Å². The number of benzene rings is 2. The first kappa shape index (κ1) is 17.6. The average molecular weight is 354 g/mol. The molecule has 2 aromatic rings. The highest BCUT2D eigenvalue weighted by molar-refractivity contribution is 7.99. The maximum Gasteiger partial charge on any atom is 0.230 e. The lowest BCUT2D eigenvalue weighted by Crippen LogP contribution is -2.24. The van der Waals surface area contributed by atoms with Crippen LogP contribution in [0.2, 0.25) is 5.02 Å². The Morgan fingerprint density at radius 2 is 2.09 bits per heavy atom. The number of hydrogen-bond donors (Lipinski definition) is 1. The molecule has 0 saturated carbocycles. The monoisotopic (exact) mass is 353 g/mol. The van der Waals surface area contributed by atoms with Gasteiger partial charge in [0.25, 0.3) is 0 Å². The first-order chi connectivity index (χ1) is 11.1. The van der Waals surface area contributed by atoms with E-state index in [4.69, 9.17) is 16.3 Å². The third kappa shape index (κ3) is 5.44. The number of methoxy groups -OCH3 is 1. The maximum absolute atomic E-state index is 13.6. The van der Waals surface area contributed by atoms with Crippen molar-refractivity contribution in [1.82, 2.24) is 5.32 Å². The van der Waals surface area contributed by atoms with Crippen LogP contribution in [0.4, 0.5) is 4.39 Å². The van der Waals surface area contributed by atoms with Gasteiger partial charge in [-0.2, -0.15) is 0 Å². The van der Waals surface area contributed by atoms with Crippen LogP contribution >= 0.6 is 23.4 Å². The summed E-state index contributed by atoms with van der Waals surface area (Å²) in [5, 5.41) is 3.45. The van der Waals surface area contributed by atoms with Gasteiger partial charge in [-0.25, -0.2) is 4.39 Å². The molecule has 0 bridgehead atoms. The van der Waals surface area contributed by atoms with Crippen molar-refractivity contribution in [3.8, 4) is 5.75 Å². The summed E-state index contributed by atoms with van der Waals surface area (Å²) in [6.45, 7) is 0.399. The third-order valence-electron chi connectivity index (χ3n) is 3.15. The number of carbonyl (C=O) groups excluding carboxylic acids is 1. The lowest BCUT2D eigenvalue weighted by atomic mass is 10.2. The second-order valence-corrected chi connectivity index (χ2v) is 6.22. The van der Waals surface area contributed by atoms with Crippen molar-refractivity contribution in [1.29, 1.82) is 0 Å². The summed E-state index contributed by atoms with van der Waals surface area (Å²) in [5.41, 5.74) is 1.69. The summed E-state index contributed by atoms with van der Waals surface area (Å²) in [6, 6.07) is 12.2. The molecule has 0 unspecified atom stereocenters. The highest BCUT2D eigenvalue weighted by atomic mass is 35.5. The van der Waals surface area contributed by atoms with Crippen molar-refractivity contribution in [3.05, 3.63) is 64.4 Å². The summed E-state index contributed by atoms with van der Waals surface area (Å²) < 4.78 is 18.4. The van der Waals surface area contributed by atoms with Gasteiger partial charge in [0, 0.05) is 17.3 Å². The number of amides is 1. The van der Waals surface area contributed by atoms with E-state index in [1.54, 1.807) is 18.2 Å². The fraction of sp³-hybridized carbons (Fsp3) is 0.235. The van der Waals surface area contributed by atoms with Gasteiger partial charge in [-0.05, 0) is 29.3 Å². The molecule has 0 saturated heterocycles. The molecule has 0 spiro atoms. The molecule has 0 fully saturated rings. The highest BCUT2D eigenvalue weighted by Gasteiger charge is 2.06. The van der Waals surface area contributed by atoms with Gasteiger partial charge >= 0.3 is 0 Å². The van der Waals surface area contributed by atoms with Gasteiger partial charge in [0.05, 0.1) is 12.9 Å². The molecule has 0 aliphatic carbocycles. The van der Waals surface area contributed by atoms with Crippen molar-refractivity contribution >= 4 is 29.3 Å². The summed E-state index contributed by atoms with van der Waals surface area (Å²) in [6.07, 6.45) is 0. The van der Waals surface area contributed by atoms with E-state index in [1.807, 2.05) is 18.2 Å². The Bertz CT molecular complexity index is 681. The van der Waals surface area contributed by atoms with Crippen LogP contribution in [0.5, 0.6) is 5.75 Å². The van der Waals surface area contributed by atoms with E-state index in [0.29, 0.717) is 23.1 Å². The molecule has 0 atom stereocenters. The van der Waals surface area contributed by atoms with Gasteiger partial charge in [-0.1, -0.05) is 35.9 Å². The Labute approximate surface area is 144 Å². The summed E-state index contributed by atoms with van der Waals surface area (Å²) >= 11 is 7.45. The van der Waals surface area contributed by atoms with E-state index in [9.17, 15) is 9.18 Å². The van der Waals surface area contributed by atoms with Crippen molar-refractivity contribution in [3.63, 3.8) is 0 Å². The molecule has 0 aliphatic rings. The molecule has 3 nitrogen and oxygen atoms in total. The third-order valence-corrected chi connectivity index (χ3v) is 4.52. The molecule has 2 aromatic carbocycles. The average Bonchev–Trinajstić information content (AvgIpc) is 2.54. The number of halogens is 2. The van der Waals surface area contributed by atoms with Crippen molar-refractivity contribution in [2.75, 3.05) is 12.9 Å². The SMILES string of the molecule is COc1ccc(CSCC(=O)NCc2ccccc2Cl)cc1F. The minimum Gasteiger partial charge on any atom is -0.494 e. The Kier molecular flexibility index (Phi) is 6.74. The predicted octanol–water partition coefficient (Wildman–Crippen LogP) is 4.04. The Balaban J connectivity index is 1.74. The van der Waals surface area contributed by atoms with Crippen LogP contribution in [-0.4, -0.2) is 18.8 Å². The number of hydrogen-bond acceptors (Lipinski definition) is 3. The number of carbonyl (C=O) groups is 1. The highest BCUT2D eigenvalue weighted by Crippen LogP contribution is 2.20. The maximum atomic E-state index is 13.6. The lowest BCUT2D eigenvalue weighted by molar-refractivity contribution is -0.118. The van der Waals surface area contributed by atoms with E-state index < -0.39 is 5.82 Å². The van der Waals surface area contributed by atoms with Crippen LogP contribution in [0, 0.1) is 5.82 Å². The molecule has 1 N–H and O–H groups in total. The topological polar surface area (TPSA) is 38.3 Å². The number of rotatable bonds is 7. The second-order valence-electron chi connectivity index (χ2n) is 4.83. The van der Waals surface area contributed by atoms with Gasteiger partial charge in [-0.15, -0.1) is 11.8 Å². The van der Waals surface area contributed by atoms with Crippen LogP contribution in [0.15, 0.2) is 42.5 Å². The Morgan fingerprint density at radius 3 is 2.78 bits per heavy atom. The van der Waals surface area contributed by atoms with E-state index >= 15 is 0 Å². The van der Waals surface area contributed by atoms with E-state index in [-0.39, 0.29) is 11.7 Å². The number of nitrogens with one attached hydrogen (secondary N) is 1. The van der Waals surface area contributed by atoms with Crippen LogP contribution in [0.25, 0.3) is 0 Å². The zero-order valence-corrected chi connectivity index (χ0v) is 14.2. The molecule has 6 heteroatoms. The first-order valence-corrected chi connectivity index (χ1v) is 8.53. The van der Waals surface area contributed by atoms with E-state index in [1.165, 1.54) is 24.9 Å². The van der Waals surface area contributed by atoms with Crippen molar-refractivity contribution in [2.45, 2.75) is 12.3 Å².